The van der Waals surface area contributed by atoms with Crippen LogP contribution in [0.5, 0.6) is 5.75 Å². The van der Waals surface area contributed by atoms with E-state index in [2.05, 4.69) is 10.1 Å². The number of fused-ring (bicyclic) bond motifs is 1. The third-order valence-corrected chi connectivity index (χ3v) is 5.69. The molecule has 3 heterocycles. The van der Waals surface area contributed by atoms with Crippen LogP contribution < -0.4 is 10.4 Å². The molecule has 0 amide bonds. The maximum Gasteiger partial charge on any atom is 0.346 e. The summed E-state index contributed by atoms with van der Waals surface area (Å²) in [6.45, 7) is 0. The first-order valence-corrected chi connectivity index (χ1v) is 9.70. The zero-order valence-electron chi connectivity index (χ0n) is 15.8. The van der Waals surface area contributed by atoms with Crippen molar-refractivity contribution in [2.75, 3.05) is 0 Å². The number of rotatable bonds is 4. The molecule has 0 saturated heterocycles. The van der Waals surface area contributed by atoms with E-state index in [4.69, 9.17) is 10.00 Å². The second kappa shape index (κ2) is 7.06. The molecule has 1 aromatic carbocycles. The second-order valence-corrected chi connectivity index (χ2v) is 7.62. The lowest BCUT2D eigenvalue weighted by Gasteiger charge is -2.34. The van der Waals surface area contributed by atoms with Crippen LogP contribution in [0.1, 0.15) is 48.4 Å². The Balaban J connectivity index is 1.32. The van der Waals surface area contributed by atoms with Gasteiger partial charge in [0.25, 0.3) is 0 Å². The molecule has 0 unspecified atom stereocenters. The molecule has 1 aliphatic carbocycles. The molecule has 0 bridgehead atoms. The Kier molecular flexibility index (Phi) is 4.35. The summed E-state index contributed by atoms with van der Waals surface area (Å²) in [5, 5.41) is 13.4. The standard InChI is InChI=1S/C21H17F2N5O2/c22-13-5-12(6-14(23)7-13)19-1-2-20-26-28(21(29)27(19)20)16-9-18(10-16)30-17-3-4-25-15(8-17)11-24/h3-8,16,18-19H,1-2,9-10H2/t16?,18?,19-/m0/s1. The summed E-state index contributed by atoms with van der Waals surface area (Å²) in [5.74, 6) is -0.119. The summed E-state index contributed by atoms with van der Waals surface area (Å²) < 4.78 is 36.1. The summed E-state index contributed by atoms with van der Waals surface area (Å²) >= 11 is 0. The van der Waals surface area contributed by atoms with Crippen LogP contribution in [-0.2, 0) is 6.42 Å². The molecule has 1 aliphatic heterocycles. The topological polar surface area (TPSA) is 85.7 Å². The summed E-state index contributed by atoms with van der Waals surface area (Å²) in [4.78, 5) is 16.9. The maximum absolute atomic E-state index is 13.6. The van der Waals surface area contributed by atoms with E-state index in [9.17, 15) is 13.6 Å². The summed E-state index contributed by atoms with van der Waals surface area (Å²) in [7, 11) is 0. The maximum atomic E-state index is 13.6. The van der Waals surface area contributed by atoms with Gasteiger partial charge in [0.1, 0.15) is 41.1 Å². The highest BCUT2D eigenvalue weighted by Gasteiger charge is 2.37. The van der Waals surface area contributed by atoms with Crippen LogP contribution in [0.15, 0.2) is 41.3 Å². The van der Waals surface area contributed by atoms with Gasteiger partial charge in [-0.1, -0.05) is 0 Å². The van der Waals surface area contributed by atoms with Gasteiger partial charge < -0.3 is 4.74 Å². The van der Waals surface area contributed by atoms with Gasteiger partial charge in [-0.2, -0.15) is 10.4 Å². The molecule has 3 aromatic rings. The quantitative estimate of drug-likeness (QED) is 0.661. The number of hydrogen-bond acceptors (Lipinski definition) is 5. The number of benzene rings is 1. The SMILES string of the molecule is N#Cc1cc(OC2CC(n3nc4n(c3=O)[C@H](c3cc(F)cc(F)c3)CC4)C2)ccn1. The molecule has 0 spiro atoms. The number of aromatic nitrogens is 4. The Labute approximate surface area is 170 Å². The summed E-state index contributed by atoms with van der Waals surface area (Å²) in [6, 6.07) is 8.08. The summed E-state index contributed by atoms with van der Waals surface area (Å²) in [6.07, 6.45) is 3.82. The van der Waals surface area contributed by atoms with Crippen molar-refractivity contribution in [3.63, 3.8) is 0 Å². The van der Waals surface area contributed by atoms with Crippen LogP contribution in [0.3, 0.4) is 0 Å². The van der Waals surface area contributed by atoms with Crippen molar-refractivity contribution in [2.45, 2.75) is 43.9 Å². The van der Waals surface area contributed by atoms with Crippen LogP contribution in [0.4, 0.5) is 8.78 Å². The van der Waals surface area contributed by atoms with Crippen LogP contribution in [0.2, 0.25) is 0 Å². The zero-order chi connectivity index (χ0) is 20.8. The lowest BCUT2D eigenvalue weighted by atomic mass is 9.89. The molecule has 0 radical (unpaired) electrons. The molecule has 30 heavy (non-hydrogen) atoms. The van der Waals surface area contributed by atoms with Crippen molar-refractivity contribution < 1.29 is 13.5 Å². The highest BCUT2D eigenvalue weighted by Crippen LogP contribution is 2.36. The first-order valence-electron chi connectivity index (χ1n) is 9.70. The van der Waals surface area contributed by atoms with E-state index in [1.165, 1.54) is 23.0 Å². The van der Waals surface area contributed by atoms with Gasteiger partial charge in [0.15, 0.2) is 0 Å². The Morgan fingerprint density at radius 1 is 1.17 bits per heavy atom. The molecule has 0 N–H and O–H groups in total. The van der Waals surface area contributed by atoms with Gasteiger partial charge in [-0.15, -0.1) is 0 Å². The van der Waals surface area contributed by atoms with Gasteiger partial charge in [-0.05, 0) is 30.2 Å². The number of nitriles is 1. The summed E-state index contributed by atoms with van der Waals surface area (Å²) in [5.41, 5.74) is 0.454. The Morgan fingerprint density at radius 3 is 2.67 bits per heavy atom. The molecule has 9 heteroatoms. The van der Waals surface area contributed by atoms with Crippen molar-refractivity contribution in [3.05, 3.63) is 75.7 Å². The van der Waals surface area contributed by atoms with Gasteiger partial charge in [0.2, 0.25) is 0 Å². The predicted octanol–water partition coefficient (Wildman–Crippen LogP) is 2.91. The van der Waals surface area contributed by atoms with Crippen molar-refractivity contribution in [3.8, 4) is 11.8 Å². The van der Waals surface area contributed by atoms with Crippen LogP contribution in [-0.4, -0.2) is 25.4 Å². The van der Waals surface area contributed by atoms with Crippen molar-refractivity contribution >= 4 is 0 Å². The number of halogens is 2. The minimum absolute atomic E-state index is 0.0829. The van der Waals surface area contributed by atoms with Gasteiger partial charge in [0.05, 0.1) is 12.1 Å². The average Bonchev–Trinajstić information content (AvgIpc) is 3.24. The van der Waals surface area contributed by atoms with E-state index in [0.717, 1.165) is 6.07 Å². The molecule has 2 aromatic heterocycles. The van der Waals surface area contributed by atoms with E-state index < -0.39 is 17.7 Å². The minimum Gasteiger partial charge on any atom is -0.490 e. The third kappa shape index (κ3) is 3.14. The first kappa shape index (κ1) is 18.5. The largest absolute Gasteiger partial charge is 0.490 e. The lowest BCUT2D eigenvalue weighted by Crippen LogP contribution is -2.41. The van der Waals surface area contributed by atoms with Crippen molar-refractivity contribution in [2.24, 2.45) is 0 Å². The number of hydrogen-bond donors (Lipinski definition) is 0. The number of pyridine rings is 1. The Bertz CT molecular complexity index is 1200. The monoisotopic (exact) mass is 409 g/mol. The fourth-order valence-corrected chi connectivity index (χ4v) is 4.21. The van der Waals surface area contributed by atoms with Gasteiger partial charge in [0, 0.05) is 37.6 Å². The molecule has 7 nitrogen and oxygen atoms in total. The fraction of sp³-hybridized carbons (Fsp3) is 0.333. The molecular weight excluding hydrogens is 392 g/mol. The average molecular weight is 409 g/mol. The second-order valence-electron chi connectivity index (χ2n) is 7.62. The van der Waals surface area contributed by atoms with Crippen LogP contribution in [0, 0.1) is 23.0 Å². The molecule has 1 atom stereocenters. The van der Waals surface area contributed by atoms with E-state index in [0.29, 0.717) is 42.8 Å². The Morgan fingerprint density at radius 2 is 1.93 bits per heavy atom. The molecular formula is C21H17F2N5O2. The molecule has 2 aliphatic rings. The smallest absolute Gasteiger partial charge is 0.346 e. The predicted molar refractivity (Wildman–Crippen MR) is 101 cm³/mol. The molecule has 1 saturated carbocycles. The minimum atomic E-state index is -0.659. The van der Waals surface area contributed by atoms with E-state index >= 15 is 0 Å². The fourth-order valence-electron chi connectivity index (χ4n) is 4.21. The van der Waals surface area contributed by atoms with Gasteiger partial charge in [-0.25, -0.2) is 23.2 Å². The van der Waals surface area contributed by atoms with Crippen molar-refractivity contribution in [1.82, 2.24) is 19.3 Å². The molecule has 5 rings (SSSR count). The van der Waals surface area contributed by atoms with E-state index in [1.807, 2.05) is 6.07 Å². The van der Waals surface area contributed by atoms with E-state index in [-0.39, 0.29) is 23.5 Å². The number of ether oxygens (including phenoxy) is 1. The number of aryl methyl sites for hydroxylation is 1. The Hall–Kier alpha value is -3.54. The molecule has 1 fully saturated rings. The zero-order valence-corrected chi connectivity index (χ0v) is 15.8. The van der Waals surface area contributed by atoms with Gasteiger partial charge >= 0.3 is 5.69 Å². The van der Waals surface area contributed by atoms with E-state index in [1.54, 1.807) is 16.7 Å². The molecule has 152 valence electrons. The highest BCUT2D eigenvalue weighted by atomic mass is 19.1. The van der Waals surface area contributed by atoms with Crippen LogP contribution >= 0.6 is 0 Å². The van der Waals surface area contributed by atoms with Crippen LogP contribution in [0.25, 0.3) is 0 Å². The lowest BCUT2D eigenvalue weighted by molar-refractivity contribution is 0.0622. The number of nitrogens with zero attached hydrogens (tertiary/aromatic N) is 5. The normalized spacial score (nSPS) is 22.2. The third-order valence-electron chi connectivity index (χ3n) is 5.69. The van der Waals surface area contributed by atoms with Gasteiger partial charge in [-0.3, -0.25) is 4.57 Å². The first-order chi connectivity index (χ1) is 14.5. The highest BCUT2D eigenvalue weighted by molar-refractivity contribution is 5.30. The van der Waals surface area contributed by atoms with Crippen molar-refractivity contribution in [1.29, 1.82) is 5.26 Å².